The maximum Gasteiger partial charge on any atom is 0.310 e. The monoisotopic (exact) mass is 395 g/mol. The van der Waals surface area contributed by atoms with Crippen molar-refractivity contribution >= 4 is 49.2 Å². The van der Waals surface area contributed by atoms with Crippen LogP contribution in [-0.2, 0) is 20.7 Å². The average Bonchev–Trinajstić information content (AvgIpc) is 2.91. The van der Waals surface area contributed by atoms with Gasteiger partial charge in [-0.05, 0) is 47.4 Å². The van der Waals surface area contributed by atoms with E-state index in [0.29, 0.717) is 13.0 Å². The number of piperidine rings is 1. The first-order valence-corrected chi connectivity index (χ1v) is 9.40. The largest absolute Gasteiger partial charge is 0.464 e. The summed E-state index contributed by atoms with van der Waals surface area (Å²) in [7, 11) is 0. The molecular weight excluding hydrogens is 378 g/mol. The Morgan fingerprint density at radius 1 is 1.35 bits per heavy atom. The second kappa shape index (κ2) is 7.45. The molecule has 0 atom stereocenters. The van der Waals surface area contributed by atoms with Gasteiger partial charge in [-0.3, -0.25) is 9.59 Å². The van der Waals surface area contributed by atoms with Gasteiger partial charge in [0.25, 0.3) is 0 Å². The molecule has 1 saturated heterocycles. The maximum atomic E-state index is 12.0. The van der Waals surface area contributed by atoms with Crippen LogP contribution < -0.4 is 0 Å². The molecule has 0 radical (unpaired) electrons. The number of likely N-dealkylation sites (tertiary alicyclic amines) is 1. The molecule has 1 aromatic carbocycles. The van der Waals surface area contributed by atoms with Gasteiger partial charge in [-0.1, -0.05) is 15.9 Å². The molecule has 0 aliphatic carbocycles. The van der Waals surface area contributed by atoms with Gasteiger partial charge >= 0.3 is 5.97 Å². The fourth-order valence-electron chi connectivity index (χ4n) is 2.77. The number of carbonyl (C=O) groups excluding carboxylic acids is 2. The molecule has 1 aliphatic heterocycles. The first kappa shape index (κ1) is 16.5. The Bertz CT molecular complexity index is 728. The second-order valence-electron chi connectivity index (χ2n) is 5.64. The molecule has 0 N–H and O–H groups in total. The summed E-state index contributed by atoms with van der Waals surface area (Å²) in [5.74, 6) is -0.0740. The fourth-order valence-corrected chi connectivity index (χ4v) is 4.07. The van der Waals surface area contributed by atoms with Gasteiger partial charge in [-0.25, -0.2) is 0 Å². The van der Waals surface area contributed by atoms with Gasteiger partial charge in [0.05, 0.1) is 13.0 Å². The van der Waals surface area contributed by atoms with Crippen molar-refractivity contribution in [2.75, 3.05) is 19.7 Å². The van der Waals surface area contributed by atoms with Crippen molar-refractivity contribution in [1.29, 1.82) is 0 Å². The summed E-state index contributed by atoms with van der Waals surface area (Å²) in [6.07, 6.45) is 2.89. The van der Waals surface area contributed by atoms with Crippen molar-refractivity contribution in [2.24, 2.45) is 0 Å². The standard InChI is InChI=1S/C17H18BrNO3S/c18-13-4-5-15-14(10-13)12(11-23-15)9-17(21)22-8-7-19-6-2-1-3-16(19)20/h4-5,10-11H,1-3,6-9H2. The molecular formula is C17H18BrNO3S. The smallest absolute Gasteiger partial charge is 0.310 e. The summed E-state index contributed by atoms with van der Waals surface area (Å²) in [4.78, 5) is 25.5. The van der Waals surface area contributed by atoms with Crippen LogP contribution in [0.5, 0.6) is 0 Å². The summed E-state index contributed by atoms with van der Waals surface area (Å²) in [5.41, 5.74) is 0.991. The highest BCUT2D eigenvalue weighted by Gasteiger charge is 2.18. The fraction of sp³-hybridized carbons (Fsp3) is 0.412. The van der Waals surface area contributed by atoms with E-state index in [1.54, 1.807) is 16.2 Å². The number of thiophene rings is 1. The Labute approximate surface area is 147 Å². The van der Waals surface area contributed by atoms with Gasteiger partial charge in [0.2, 0.25) is 5.91 Å². The number of hydrogen-bond acceptors (Lipinski definition) is 4. The van der Waals surface area contributed by atoms with Gasteiger partial charge in [0.1, 0.15) is 6.61 Å². The van der Waals surface area contributed by atoms with Crippen molar-refractivity contribution in [3.8, 4) is 0 Å². The molecule has 0 spiro atoms. The third-order valence-electron chi connectivity index (χ3n) is 4.00. The molecule has 1 aromatic heterocycles. The predicted molar refractivity (Wildman–Crippen MR) is 94.6 cm³/mol. The first-order chi connectivity index (χ1) is 11.1. The minimum absolute atomic E-state index is 0.168. The Balaban J connectivity index is 1.52. The lowest BCUT2D eigenvalue weighted by molar-refractivity contribution is -0.145. The van der Waals surface area contributed by atoms with E-state index >= 15 is 0 Å². The number of ether oxygens (including phenoxy) is 1. The third kappa shape index (κ3) is 4.12. The van der Waals surface area contributed by atoms with Crippen molar-refractivity contribution in [2.45, 2.75) is 25.7 Å². The van der Waals surface area contributed by atoms with Gasteiger partial charge in [0, 0.05) is 22.1 Å². The lowest BCUT2D eigenvalue weighted by Crippen LogP contribution is -2.37. The van der Waals surface area contributed by atoms with Gasteiger partial charge in [-0.2, -0.15) is 0 Å². The zero-order valence-corrected chi connectivity index (χ0v) is 15.1. The average molecular weight is 396 g/mol. The molecule has 2 heterocycles. The summed E-state index contributed by atoms with van der Waals surface area (Å²) >= 11 is 5.09. The first-order valence-electron chi connectivity index (χ1n) is 7.72. The Kier molecular flexibility index (Phi) is 5.33. The number of hydrogen-bond donors (Lipinski definition) is 0. The summed E-state index contributed by atoms with van der Waals surface area (Å²) in [5, 5.41) is 3.10. The molecule has 0 saturated carbocycles. The van der Waals surface area contributed by atoms with Gasteiger partial charge in [-0.15, -0.1) is 11.3 Å². The SMILES string of the molecule is O=C(Cc1csc2ccc(Br)cc12)OCCN1CCCCC1=O. The summed E-state index contributed by atoms with van der Waals surface area (Å²) < 4.78 is 7.47. The molecule has 0 unspecified atom stereocenters. The molecule has 6 heteroatoms. The molecule has 2 aromatic rings. The topological polar surface area (TPSA) is 46.6 Å². The Hall–Kier alpha value is -1.40. The van der Waals surface area contributed by atoms with Gasteiger partial charge in [0.15, 0.2) is 0 Å². The molecule has 23 heavy (non-hydrogen) atoms. The van der Waals surface area contributed by atoms with Gasteiger partial charge < -0.3 is 9.64 Å². The van der Waals surface area contributed by atoms with Crippen LogP contribution in [-0.4, -0.2) is 36.5 Å². The number of halogens is 1. The minimum Gasteiger partial charge on any atom is -0.464 e. The van der Waals surface area contributed by atoms with E-state index in [-0.39, 0.29) is 24.9 Å². The maximum absolute atomic E-state index is 12.0. The van der Waals surface area contributed by atoms with Crippen molar-refractivity contribution < 1.29 is 14.3 Å². The van der Waals surface area contributed by atoms with E-state index < -0.39 is 0 Å². The van der Waals surface area contributed by atoms with Crippen LogP contribution in [0.25, 0.3) is 10.1 Å². The number of carbonyl (C=O) groups is 2. The number of amides is 1. The number of esters is 1. The van der Waals surface area contributed by atoms with Crippen LogP contribution in [0.3, 0.4) is 0 Å². The van der Waals surface area contributed by atoms with Crippen LogP contribution in [0.15, 0.2) is 28.1 Å². The van der Waals surface area contributed by atoms with Crippen LogP contribution >= 0.6 is 27.3 Å². The zero-order valence-electron chi connectivity index (χ0n) is 12.7. The quantitative estimate of drug-likeness (QED) is 0.723. The molecule has 1 fully saturated rings. The van der Waals surface area contributed by atoms with E-state index in [1.807, 2.05) is 23.6 Å². The van der Waals surface area contributed by atoms with Crippen LogP contribution in [0, 0.1) is 0 Å². The second-order valence-corrected chi connectivity index (χ2v) is 7.46. The predicted octanol–water partition coefficient (Wildman–Crippen LogP) is 3.76. The summed E-state index contributed by atoms with van der Waals surface area (Å²) in [6.45, 7) is 1.55. The lowest BCUT2D eigenvalue weighted by atomic mass is 10.1. The Morgan fingerprint density at radius 3 is 3.04 bits per heavy atom. The zero-order chi connectivity index (χ0) is 16.2. The Morgan fingerprint density at radius 2 is 2.22 bits per heavy atom. The highest BCUT2D eigenvalue weighted by molar-refractivity contribution is 9.10. The van der Waals surface area contributed by atoms with Crippen molar-refractivity contribution in [3.05, 3.63) is 33.6 Å². The normalized spacial score (nSPS) is 15.2. The van der Waals surface area contributed by atoms with E-state index in [4.69, 9.17) is 4.74 Å². The molecule has 1 aliphatic rings. The molecule has 1 amide bonds. The van der Waals surface area contributed by atoms with E-state index in [1.165, 1.54) is 0 Å². The molecule has 0 bridgehead atoms. The number of fused-ring (bicyclic) bond motifs is 1. The van der Waals surface area contributed by atoms with Crippen molar-refractivity contribution in [1.82, 2.24) is 4.90 Å². The molecule has 4 nitrogen and oxygen atoms in total. The van der Waals surface area contributed by atoms with Crippen LogP contribution in [0.4, 0.5) is 0 Å². The van der Waals surface area contributed by atoms with Crippen LogP contribution in [0.1, 0.15) is 24.8 Å². The van der Waals surface area contributed by atoms with E-state index in [2.05, 4.69) is 15.9 Å². The highest BCUT2D eigenvalue weighted by atomic mass is 79.9. The number of rotatable bonds is 5. The minimum atomic E-state index is -0.242. The van der Waals surface area contributed by atoms with E-state index in [0.717, 1.165) is 39.5 Å². The van der Waals surface area contributed by atoms with Crippen molar-refractivity contribution in [3.63, 3.8) is 0 Å². The van der Waals surface area contributed by atoms with Crippen LogP contribution in [0.2, 0.25) is 0 Å². The third-order valence-corrected chi connectivity index (χ3v) is 5.50. The molecule has 3 rings (SSSR count). The van der Waals surface area contributed by atoms with E-state index in [9.17, 15) is 9.59 Å². The summed E-state index contributed by atoms with van der Waals surface area (Å²) in [6, 6.07) is 6.07. The highest BCUT2D eigenvalue weighted by Crippen LogP contribution is 2.29. The number of benzene rings is 1. The lowest BCUT2D eigenvalue weighted by Gasteiger charge is -2.26. The number of nitrogens with zero attached hydrogens (tertiary/aromatic N) is 1. The molecule has 122 valence electrons.